The number of carbonyl (C=O) groups excluding carboxylic acids is 1. The molecule has 0 aromatic carbocycles. The van der Waals surface area contributed by atoms with Crippen molar-refractivity contribution < 1.29 is 9.53 Å². The van der Waals surface area contributed by atoms with Gasteiger partial charge in [-0.2, -0.15) is 0 Å². The normalized spacial score (nSPS) is 20.0. The Labute approximate surface area is 111 Å². The summed E-state index contributed by atoms with van der Waals surface area (Å²) in [5.41, 5.74) is 1.87. The van der Waals surface area contributed by atoms with E-state index >= 15 is 0 Å². The molecule has 0 fully saturated rings. The van der Waals surface area contributed by atoms with E-state index in [2.05, 4.69) is 32.9 Å². The number of rotatable bonds is 7. The number of carbonyl (C=O) groups is 1. The maximum Gasteiger partial charge on any atom is 0.126 e. The zero-order valence-corrected chi connectivity index (χ0v) is 12.2. The fourth-order valence-corrected chi connectivity index (χ4v) is 3.07. The molecule has 1 atom stereocenters. The molecule has 1 aliphatic rings. The van der Waals surface area contributed by atoms with E-state index in [1.807, 2.05) is 0 Å². The van der Waals surface area contributed by atoms with Crippen LogP contribution in [0.3, 0.4) is 0 Å². The van der Waals surface area contributed by atoms with Crippen molar-refractivity contribution in [1.82, 2.24) is 0 Å². The maximum atomic E-state index is 11.5. The number of hydrogen-bond acceptors (Lipinski definition) is 2. The van der Waals surface area contributed by atoms with Gasteiger partial charge in [0.15, 0.2) is 0 Å². The van der Waals surface area contributed by atoms with Crippen molar-refractivity contribution in [3.63, 3.8) is 0 Å². The molecule has 1 rings (SSSR count). The highest BCUT2D eigenvalue weighted by Gasteiger charge is 2.42. The number of hydrogen-bond donors (Lipinski definition) is 0. The summed E-state index contributed by atoms with van der Waals surface area (Å²) in [6.45, 7) is 6.34. The van der Waals surface area contributed by atoms with E-state index in [4.69, 9.17) is 4.74 Å². The molecule has 18 heavy (non-hydrogen) atoms. The molecule has 0 saturated carbocycles. The third kappa shape index (κ3) is 2.74. The second-order valence-electron chi connectivity index (χ2n) is 5.19. The van der Waals surface area contributed by atoms with Crippen LogP contribution in [0.15, 0.2) is 23.3 Å². The topological polar surface area (TPSA) is 26.3 Å². The first-order chi connectivity index (χ1) is 8.63. The van der Waals surface area contributed by atoms with Gasteiger partial charge >= 0.3 is 0 Å². The van der Waals surface area contributed by atoms with Crippen LogP contribution in [-0.2, 0) is 9.53 Å². The monoisotopic (exact) mass is 250 g/mol. The molecule has 2 heteroatoms. The summed E-state index contributed by atoms with van der Waals surface area (Å²) < 4.78 is 5.82. The lowest BCUT2D eigenvalue weighted by Crippen LogP contribution is -2.44. The molecule has 1 aliphatic carbocycles. The predicted molar refractivity (Wildman–Crippen MR) is 75.6 cm³/mol. The SMILES string of the molecule is CCCCCC(C=O)C1(OC)C(C)=CCC=C1C. The van der Waals surface area contributed by atoms with Crippen molar-refractivity contribution in [1.29, 1.82) is 0 Å². The quantitative estimate of drug-likeness (QED) is 0.387. The Bertz CT molecular complexity index is 321. The van der Waals surface area contributed by atoms with E-state index in [1.165, 1.54) is 24.0 Å². The second kappa shape index (κ2) is 6.89. The minimum atomic E-state index is -0.492. The molecular formula is C16H26O2. The molecule has 0 amide bonds. The van der Waals surface area contributed by atoms with Crippen LogP contribution in [0, 0.1) is 5.92 Å². The summed E-state index contributed by atoms with van der Waals surface area (Å²) >= 11 is 0. The molecule has 0 aromatic rings. The Kier molecular flexibility index (Phi) is 5.80. The van der Waals surface area contributed by atoms with Gasteiger partial charge in [-0.25, -0.2) is 0 Å². The maximum absolute atomic E-state index is 11.5. The standard InChI is InChI=1S/C16H26O2/c1-5-6-7-11-15(12-17)16(18-4)13(2)9-8-10-14(16)3/h9-10,12,15H,5-8,11H2,1-4H3. The lowest BCUT2D eigenvalue weighted by molar-refractivity contribution is -0.118. The number of unbranched alkanes of at least 4 members (excludes halogenated alkanes) is 2. The van der Waals surface area contributed by atoms with Crippen molar-refractivity contribution in [2.75, 3.05) is 7.11 Å². The first-order valence-electron chi connectivity index (χ1n) is 6.98. The number of methoxy groups -OCH3 is 1. The second-order valence-corrected chi connectivity index (χ2v) is 5.19. The molecule has 0 N–H and O–H groups in total. The lowest BCUT2D eigenvalue weighted by Gasteiger charge is -2.41. The average molecular weight is 250 g/mol. The molecule has 0 saturated heterocycles. The van der Waals surface area contributed by atoms with E-state index in [0.29, 0.717) is 0 Å². The number of allylic oxidation sites excluding steroid dienone is 2. The van der Waals surface area contributed by atoms with Crippen molar-refractivity contribution in [2.45, 2.75) is 58.5 Å². The third-order valence-electron chi connectivity index (χ3n) is 4.15. The van der Waals surface area contributed by atoms with Crippen LogP contribution in [0.4, 0.5) is 0 Å². The molecule has 0 radical (unpaired) electrons. The van der Waals surface area contributed by atoms with E-state index in [1.54, 1.807) is 7.11 Å². The number of aldehydes is 1. The Hall–Kier alpha value is -0.890. The largest absolute Gasteiger partial charge is 0.369 e. The minimum absolute atomic E-state index is 0.0677. The van der Waals surface area contributed by atoms with Gasteiger partial charge in [-0.1, -0.05) is 38.3 Å². The molecular weight excluding hydrogens is 224 g/mol. The van der Waals surface area contributed by atoms with Crippen molar-refractivity contribution in [2.24, 2.45) is 5.92 Å². The molecule has 1 unspecified atom stereocenters. The number of ether oxygens (including phenoxy) is 1. The van der Waals surface area contributed by atoms with Crippen LogP contribution in [0.2, 0.25) is 0 Å². The highest BCUT2D eigenvalue weighted by atomic mass is 16.5. The molecule has 0 heterocycles. The van der Waals surface area contributed by atoms with Crippen LogP contribution in [0.1, 0.15) is 52.9 Å². The van der Waals surface area contributed by atoms with Crippen LogP contribution < -0.4 is 0 Å². The fourth-order valence-electron chi connectivity index (χ4n) is 3.07. The Balaban J connectivity index is 2.96. The summed E-state index contributed by atoms with van der Waals surface area (Å²) in [6.07, 6.45) is 10.7. The van der Waals surface area contributed by atoms with Gasteiger partial charge in [0.1, 0.15) is 11.9 Å². The van der Waals surface area contributed by atoms with Crippen LogP contribution in [0.25, 0.3) is 0 Å². The van der Waals surface area contributed by atoms with Gasteiger partial charge in [0.25, 0.3) is 0 Å². The van der Waals surface area contributed by atoms with Gasteiger partial charge in [0.2, 0.25) is 0 Å². The predicted octanol–water partition coefficient (Wildman–Crippen LogP) is 4.06. The third-order valence-corrected chi connectivity index (χ3v) is 4.15. The van der Waals surface area contributed by atoms with Crippen molar-refractivity contribution in [3.8, 4) is 0 Å². The summed E-state index contributed by atoms with van der Waals surface area (Å²) in [7, 11) is 1.72. The Morgan fingerprint density at radius 3 is 2.39 bits per heavy atom. The van der Waals surface area contributed by atoms with E-state index < -0.39 is 5.60 Å². The zero-order valence-electron chi connectivity index (χ0n) is 12.2. The summed E-state index contributed by atoms with van der Waals surface area (Å²) in [5.74, 6) is -0.0677. The van der Waals surface area contributed by atoms with Gasteiger partial charge in [0.05, 0.1) is 5.92 Å². The molecule has 0 bridgehead atoms. The van der Waals surface area contributed by atoms with Gasteiger partial charge in [-0.15, -0.1) is 0 Å². The summed E-state index contributed by atoms with van der Waals surface area (Å²) in [5, 5.41) is 0. The smallest absolute Gasteiger partial charge is 0.126 e. The molecule has 2 nitrogen and oxygen atoms in total. The van der Waals surface area contributed by atoms with Gasteiger partial charge < -0.3 is 9.53 Å². The zero-order chi connectivity index (χ0) is 13.6. The van der Waals surface area contributed by atoms with E-state index in [-0.39, 0.29) is 5.92 Å². The van der Waals surface area contributed by atoms with Crippen molar-refractivity contribution >= 4 is 6.29 Å². The molecule has 102 valence electrons. The van der Waals surface area contributed by atoms with Crippen LogP contribution >= 0.6 is 0 Å². The first-order valence-corrected chi connectivity index (χ1v) is 6.98. The van der Waals surface area contributed by atoms with E-state index in [9.17, 15) is 4.79 Å². The molecule has 0 spiro atoms. The van der Waals surface area contributed by atoms with Crippen molar-refractivity contribution in [3.05, 3.63) is 23.3 Å². The van der Waals surface area contributed by atoms with Gasteiger partial charge in [0, 0.05) is 7.11 Å². The first kappa shape index (κ1) is 15.2. The van der Waals surface area contributed by atoms with E-state index in [0.717, 1.165) is 25.5 Å². The summed E-state index contributed by atoms with van der Waals surface area (Å²) in [4.78, 5) is 11.5. The van der Waals surface area contributed by atoms with Crippen LogP contribution in [-0.4, -0.2) is 19.0 Å². The molecule has 0 aromatic heterocycles. The highest BCUT2D eigenvalue weighted by molar-refractivity contribution is 5.61. The Morgan fingerprint density at radius 1 is 1.33 bits per heavy atom. The minimum Gasteiger partial charge on any atom is -0.369 e. The van der Waals surface area contributed by atoms with Gasteiger partial charge in [-0.3, -0.25) is 0 Å². The van der Waals surface area contributed by atoms with Gasteiger partial charge in [-0.05, 0) is 37.8 Å². The fraction of sp³-hybridized carbons (Fsp3) is 0.688. The average Bonchev–Trinajstić information content (AvgIpc) is 2.37. The van der Waals surface area contributed by atoms with Crippen LogP contribution in [0.5, 0.6) is 0 Å². The highest BCUT2D eigenvalue weighted by Crippen LogP contribution is 2.41. The molecule has 0 aliphatic heterocycles. The summed E-state index contributed by atoms with van der Waals surface area (Å²) in [6, 6.07) is 0. The Morgan fingerprint density at radius 2 is 1.94 bits per heavy atom. The lowest BCUT2D eigenvalue weighted by atomic mass is 9.72.